The van der Waals surface area contributed by atoms with Gasteiger partial charge in [0.05, 0.1) is 6.42 Å². The van der Waals surface area contributed by atoms with E-state index in [1.54, 1.807) is 4.90 Å². The van der Waals surface area contributed by atoms with Gasteiger partial charge in [0.15, 0.2) is 0 Å². The molecule has 0 spiro atoms. The number of amides is 1. The van der Waals surface area contributed by atoms with Gasteiger partial charge in [0.25, 0.3) is 0 Å². The Labute approximate surface area is 173 Å². The van der Waals surface area contributed by atoms with Crippen LogP contribution in [0.4, 0.5) is 23.2 Å². The van der Waals surface area contributed by atoms with Crippen molar-refractivity contribution in [3.05, 3.63) is 64.7 Å². The quantitative estimate of drug-likeness (QED) is 0.702. The van der Waals surface area contributed by atoms with E-state index in [1.165, 1.54) is 12.1 Å². The molecule has 0 saturated heterocycles. The third kappa shape index (κ3) is 4.08. The second kappa shape index (κ2) is 8.38. The van der Waals surface area contributed by atoms with E-state index in [0.717, 1.165) is 17.2 Å². The molecule has 1 aliphatic heterocycles. The Bertz CT molecular complexity index is 926. The van der Waals surface area contributed by atoms with E-state index in [-0.39, 0.29) is 12.3 Å². The van der Waals surface area contributed by atoms with Crippen molar-refractivity contribution in [3.63, 3.8) is 0 Å². The molecule has 0 aliphatic carbocycles. The third-order valence-corrected chi connectivity index (χ3v) is 5.80. The number of benzene rings is 2. The van der Waals surface area contributed by atoms with Gasteiger partial charge in [0.2, 0.25) is 11.5 Å². The molecule has 2 unspecified atom stereocenters. The molecule has 0 radical (unpaired) electrons. The molecule has 7 heteroatoms. The van der Waals surface area contributed by atoms with Gasteiger partial charge in [-0.25, -0.2) is 4.39 Å². The topological polar surface area (TPSA) is 40.5 Å². The average Bonchev–Trinajstić information content (AvgIpc) is 2.90. The van der Waals surface area contributed by atoms with Crippen LogP contribution in [0.3, 0.4) is 0 Å². The van der Waals surface area contributed by atoms with Gasteiger partial charge in [-0.05, 0) is 61.4 Å². The van der Waals surface area contributed by atoms with Crippen molar-refractivity contribution in [2.75, 3.05) is 11.4 Å². The minimum atomic E-state index is -5.17. The van der Waals surface area contributed by atoms with E-state index in [2.05, 4.69) is 0 Å². The number of halogens is 4. The summed E-state index contributed by atoms with van der Waals surface area (Å²) in [6.45, 7) is 3.07. The smallest absolute Gasteiger partial charge is 0.374 e. The minimum Gasteiger partial charge on any atom is -0.374 e. The highest BCUT2D eigenvalue weighted by atomic mass is 19.4. The number of carbonyl (C=O) groups excluding carboxylic acids is 1. The number of aliphatic hydroxyl groups is 1. The van der Waals surface area contributed by atoms with Crippen LogP contribution in [0.15, 0.2) is 42.5 Å². The highest BCUT2D eigenvalue weighted by Gasteiger charge is 2.59. The minimum absolute atomic E-state index is 0.148. The maximum atomic E-state index is 13.9. The van der Waals surface area contributed by atoms with Crippen LogP contribution in [0.25, 0.3) is 0 Å². The maximum Gasteiger partial charge on any atom is 0.424 e. The second-order valence-corrected chi connectivity index (χ2v) is 7.83. The first kappa shape index (κ1) is 22.3. The van der Waals surface area contributed by atoms with Gasteiger partial charge in [-0.15, -0.1) is 0 Å². The predicted octanol–water partition coefficient (Wildman–Crippen LogP) is 5.01. The summed E-state index contributed by atoms with van der Waals surface area (Å²) in [5.74, 6) is -0.148. The summed E-state index contributed by atoms with van der Waals surface area (Å²) < 4.78 is 54.3. The van der Waals surface area contributed by atoms with Crippen molar-refractivity contribution >= 4 is 11.6 Å². The predicted molar refractivity (Wildman–Crippen MR) is 107 cm³/mol. The molecular formula is C23H25F4NO2. The van der Waals surface area contributed by atoms with Crippen LogP contribution in [0, 0.1) is 6.92 Å². The van der Waals surface area contributed by atoms with Crippen molar-refractivity contribution in [2.45, 2.75) is 57.5 Å². The lowest BCUT2D eigenvalue weighted by molar-refractivity contribution is -0.285. The summed E-state index contributed by atoms with van der Waals surface area (Å²) >= 11 is 0. The summed E-state index contributed by atoms with van der Waals surface area (Å²) in [4.78, 5) is 14.6. The summed E-state index contributed by atoms with van der Waals surface area (Å²) in [6.07, 6.45) is -5.69. The van der Waals surface area contributed by atoms with Crippen molar-refractivity contribution in [1.29, 1.82) is 0 Å². The lowest BCUT2D eigenvalue weighted by Crippen LogP contribution is -2.49. The first-order valence-corrected chi connectivity index (χ1v) is 9.97. The Hall–Kier alpha value is -2.41. The van der Waals surface area contributed by atoms with Crippen LogP contribution in [0.2, 0.25) is 0 Å². The lowest BCUT2D eigenvalue weighted by atomic mass is 9.87. The highest BCUT2D eigenvalue weighted by Crippen LogP contribution is 2.44. The lowest BCUT2D eigenvalue weighted by Gasteiger charge is -2.33. The van der Waals surface area contributed by atoms with E-state index in [9.17, 15) is 27.5 Å². The molecule has 3 rings (SSSR count). The van der Waals surface area contributed by atoms with Crippen molar-refractivity contribution in [3.8, 4) is 0 Å². The molecule has 0 bridgehead atoms. The molecule has 2 atom stereocenters. The maximum absolute atomic E-state index is 13.9. The normalized spacial score (nSPS) is 17.6. The number of hydrogen-bond acceptors (Lipinski definition) is 2. The molecule has 1 N–H and O–H groups in total. The molecule has 2 aromatic rings. The summed E-state index contributed by atoms with van der Waals surface area (Å²) in [5, 5.41) is 10.2. The molecule has 1 heterocycles. The zero-order valence-corrected chi connectivity index (χ0v) is 17.0. The van der Waals surface area contributed by atoms with Crippen molar-refractivity contribution in [1.82, 2.24) is 0 Å². The van der Waals surface area contributed by atoms with E-state index in [1.807, 2.05) is 31.2 Å². The van der Waals surface area contributed by atoms with Crippen LogP contribution in [0.5, 0.6) is 0 Å². The highest BCUT2D eigenvalue weighted by molar-refractivity contribution is 5.95. The van der Waals surface area contributed by atoms with Crippen molar-refractivity contribution < 1.29 is 27.5 Å². The fourth-order valence-electron chi connectivity index (χ4n) is 3.94. The Balaban J connectivity index is 1.97. The van der Waals surface area contributed by atoms with Crippen LogP contribution < -0.4 is 4.90 Å². The van der Waals surface area contributed by atoms with E-state index < -0.39 is 23.5 Å². The Morgan fingerprint density at radius 1 is 1.17 bits per heavy atom. The van der Waals surface area contributed by atoms with Crippen molar-refractivity contribution in [2.24, 2.45) is 0 Å². The van der Waals surface area contributed by atoms with Gasteiger partial charge >= 0.3 is 6.18 Å². The van der Waals surface area contributed by atoms with E-state index in [0.29, 0.717) is 44.0 Å². The molecule has 1 aliphatic rings. The Morgan fingerprint density at radius 2 is 1.87 bits per heavy atom. The molecule has 30 heavy (non-hydrogen) atoms. The van der Waals surface area contributed by atoms with Gasteiger partial charge in [-0.3, -0.25) is 4.79 Å². The summed E-state index contributed by atoms with van der Waals surface area (Å²) in [6, 6.07) is 11.2. The van der Waals surface area contributed by atoms with Gasteiger partial charge in [-0.2, -0.15) is 13.2 Å². The first-order chi connectivity index (χ1) is 14.1. The standard InChI is InChI=1S/C23H25F4NO2/c1-15-7-3-4-8-17(15)14-21(29)28-12-6-5-9-18-13-19(10-11-20(18)28)22(30,16(2)24)23(25,26)27/h3-4,7-8,10-11,13,16,30H,5-6,9,12,14H2,1-2H3. The molecular weight excluding hydrogens is 398 g/mol. The SMILES string of the molecule is Cc1ccccc1CC(=O)N1CCCCc2cc(C(O)(C(C)F)C(F)(F)F)ccc21. The van der Waals surface area contributed by atoms with Gasteiger partial charge in [0, 0.05) is 12.2 Å². The van der Waals surface area contributed by atoms with Crippen LogP contribution in [0.1, 0.15) is 42.0 Å². The van der Waals surface area contributed by atoms with Crippen LogP contribution in [-0.4, -0.2) is 29.9 Å². The largest absolute Gasteiger partial charge is 0.424 e. The van der Waals surface area contributed by atoms with E-state index in [4.69, 9.17) is 0 Å². The zero-order chi connectivity index (χ0) is 22.1. The van der Waals surface area contributed by atoms with Crippen LogP contribution in [-0.2, 0) is 23.2 Å². The third-order valence-electron chi connectivity index (χ3n) is 5.80. The fourth-order valence-corrected chi connectivity index (χ4v) is 3.94. The molecule has 3 nitrogen and oxygen atoms in total. The average molecular weight is 423 g/mol. The van der Waals surface area contributed by atoms with Gasteiger partial charge in [-0.1, -0.05) is 36.4 Å². The van der Waals surface area contributed by atoms with Gasteiger partial charge in [0.1, 0.15) is 6.17 Å². The summed E-state index contributed by atoms with van der Waals surface area (Å²) in [5.41, 5.74) is -1.23. The molecule has 2 aromatic carbocycles. The molecule has 162 valence electrons. The zero-order valence-electron chi connectivity index (χ0n) is 17.0. The van der Waals surface area contributed by atoms with E-state index >= 15 is 0 Å². The van der Waals surface area contributed by atoms with Crippen LogP contribution >= 0.6 is 0 Å². The number of nitrogens with zero attached hydrogens (tertiary/aromatic N) is 1. The first-order valence-electron chi connectivity index (χ1n) is 9.97. The number of anilines is 1. The number of rotatable bonds is 4. The van der Waals surface area contributed by atoms with Gasteiger partial charge < -0.3 is 10.0 Å². The number of alkyl halides is 4. The molecule has 0 saturated carbocycles. The molecule has 1 amide bonds. The number of aryl methyl sites for hydroxylation is 2. The Kier molecular flexibility index (Phi) is 6.22. The Morgan fingerprint density at radius 3 is 2.50 bits per heavy atom. The second-order valence-electron chi connectivity index (χ2n) is 7.83. The fraction of sp³-hybridized carbons (Fsp3) is 0.435. The molecule has 0 aromatic heterocycles. The number of hydrogen-bond donors (Lipinski definition) is 1. The number of carbonyl (C=O) groups is 1. The molecule has 0 fully saturated rings. The summed E-state index contributed by atoms with van der Waals surface area (Å²) in [7, 11) is 0. The number of fused-ring (bicyclic) bond motifs is 1. The monoisotopic (exact) mass is 423 g/mol.